The maximum Gasteiger partial charge on any atom is 0.127 e. The molecule has 0 radical (unpaired) electrons. The number of phenolic OH excluding ortho intramolecular Hbond substituents is 1. The molecule has 0 atom stereocenters. The Hall–Kier alpha value is -2.36. The Morgan fingerprint density at radius 2 is 1.82 bits per heavy atom. The number of benzene rings is 2. The van der Waals surface area contributed by atoms with Crippen molar-refractivity contribution in [3.8, 4) is 22.6 Å². The summed E-state index contributed by atoms with van der Waals surface area (Å²) in [6.07, 6.45) is 0. The normalized spacial score (nSPS) is 11.3. The van der Waals surface area contributed by atoms with Gasteiger partial charge in [-0.1, -0.05) is 39.0 Å². The lowest BCUT2D eigenvalue weighted by molar-refractivity contribution is 0.341. The van der Waals surface area contributed by atoms with E-state index in [1.807, 2.05) is 58.0 Å². The molecule has 2 aromatic rings. The third kappa shape index (κ3) is 3.11. The van der Waals surface area contributed by atoms with E-state index in [-0.39, 0.29) is 16.9 Å². The predicted molar refractivity (Wildman–Crippen MR) is 88.9 cm³/mol. The fourth-order valence-electron chi connectivity index (χ4n) is 2.44. The van der Waals surface area contributed by atoms with Crippen LogP contribution in [0.3, 0.4) is 0 Å². The van der Waals surface area contributed by atoms with Crippen LogP contribution in [0.4, 0.5) is 5.69 Å². The number of hydrogen-bond acceptors (Lipinski definition) is 4. The van der Waals surface area contributed by atoms with Gasteiger partial charge in [0.05, 0.1) is 6.61 Å². The van der Waals surface area contributed by atoms with Gasteiger partial charge in [0.25, 0.3) is 0 Å². The highest BCUT2D eigenvalue weighted by Gasteiger charge is 2.22. The minimum atomic E-state index is -0.249. The van der Waals surface area contributed by atoms with E-state index in [9.17, 15) is 10.0 Å². The van der Waals surface area contributed by atoms with E-state index in [2.05, 4.69) is 5.18 Å². The van der Waals surface area contributed by atoms with Crippen LogP contribution in [-0.4, -0.2) is 11.7 Å². The largest absolute Gasteiger partial charge is 0.508 e. The van der Waals surface area contributed by atoms with Crippen LogP contribution in [0.25, 0.3) is 11.1 Å². The molecule has 0 heterocycles. The molecule has 22 heavy (non-hydrogen) atoms. The van der Waals surface area contributed by atoms with E-state index in [4.69, 9.17) is 4.74 Å². The standard InChI is InChI=1S/C18H21NO3/c1-5-22-17-9-7-6-8-12(17)13-10-14(18(2,3)4)16(20)11-15(13)19-21/h6-11,20H,5H2,1-4H3. The summed E-state index contributed by atoms with van der Waals surface area (Å²) in [4.78, 5) is 11.2. The van der Waals surface area contributed by atoms with Gasteiger partial charge in [0.2, 0.25) is 0 Å². The van der Waals surface area contributed by atoms with Crippen molar-refractivity contribution in [3.63, 3.8) is 0 Å². The maximum absolute atomic E-state index is 11.2. The van der Waals surface area contributed by atoms with Gasteiger partial charge in [-0.05, 0) is 35.2 Å². The van der Waals surface area contributed by atoms with E-state index < -0.39 is 0 Å². The molecule has 0 aliphatic rings. The van der Waals surface area contributed by atoms with Crippen molar-refractivity contribution in [3.05, 3.63) is 46.9 Å². The monoisotopic (exact) mass is 299 g/mol. The Morgan fingerprint density at radius 3 is 2.41 bits per heavy atom. The number of rotatable bonds is 4. The molecule has 0 saturated heterocycles. The van der Waals surface area contributed by atoms with Crippen LogP contribution in [0.1, 0.15) is 33.3 Å². The van der Waals surface area contributed by atoms with E-state index in [1.54, 1.807) is 0 Å². The second-order valence-corrected chi connectivity index (χ2v) is 6.16. The molecule has 2 aromatic carbocycles. The summed E-state index contributed by atoms with van der Waals surface area (Å²) in [5.41, 5.74) is 2.19. The number of ether oxygens (including phenoxy) is 1. The Morgan fingerprint density at radius 1 is 1.14 bits per heavy atom. The van der Waals surface area contributed by atoms with Gasteiger partial charge in [-0.25, -0.2) is 0 Å². The lowest BCUT2D eigenvalue weighted by Gasteiger charge is -2.22. The quantitative estimate of drug-likeness (QED) is 0.794. The molecule has 116 valence electrons. The molecule has 0 amide bonds. The van der Waals surface area contributed by atoms with Crippen LogP contribution >= 0.6 is 0 Å². The molecule has 0 unspecified atom stereocenters. The van der Waals surface area contributed by atoms with Crippen molar-refractivity contribution < 1.29 is 9.84 Å². The fourth-order valence-corrected chi connectivity index (χ4v) is 2.44. The average Bonchev–Trinajstić information content (AvgIpc) is 2.47. The number of para-hydroxylation sites is 1. The van der Waals surface area contributed by atoms with Crippen molar-refractivity contribution >= 4 is 5.69 Å². The topological polar surface area (TPSA) is 58.9 Å². The average molecular weight is 299 g/mol. The first kappa shape index (κ1) is 16.0. The van der Waals surface area contributed by atoms with Crippen LogP contribution in [0.5, 0.6) is 11.5 Å². The van der Waals surface area contributed by atoms with Crippen molar-refractivity contribution in [1.29, 1.82) is 0 Å². The van der Waals surface area contributed by atoms with Gasteiger partial charge in [-0.3, -0.25) is 0 Å². The van der Waals surface area contributed by atoms with Crippen molar-refractivity contribution in [1.82, 2.24) is 0 Å². The molecule has 4 heteroatoms. The lowest BCUT2D eigenvalue weighted by Crippen LogP contribution is -2.11. The van der Waals surface area contributed by atoms with Crippen LogP contribution in [0, 0.1) is 4.91 Å². The minimum absolute atomic E-state index is 0.0831. The number of phenols is 1. The Balaban J connectivity index is 2.71. The highest BCUT2D eigenvalue weighted by Crippen LogP contribution is 2.43. The first-order valence-electron chi connectivity index (χ1n) is 7.31. The summed E-state index contributed by atoms with van der Waals surface area (Å²) in [5.74, 6) is 0.778. The second-order valence-electron chi connectivity index (χ2n) is 6.16. The first-order valence-corrected chi connectivity index (χ1v) is 7.31. The van der Waals surface area contributed by atoms with Gasteiger partial charge in [0.15, 0.2) is 0 Å². The molecule has 0 bridgehead atoms. The zero-order valence-electron chi connectivity index (χ0n) is 13.4. The Labute approximate surface area is 130 Å². The summed E-state index contributed by atoms with van der Waals surface area (Å²) >= 11 is 0. The molecule has 1 N–H and O–H groups in total. The van der Waals surface area contributed by atoms with Crippen LogP contribution < -0.4 is 4.74 Å². The molecule has 0 spiro atoms. The number of nitroso groups, excluding NO2 is 1. The number of nitrogens with zero attached hydrogens (tertiary/aromatic N) is 1. The summed E-state index contributed by atoms with van der Waals surface area (Å²) in [6.45, 7) is 8.47. The minimum Gasteiger partial charge on any atom is -0.508 e. The SMILES string of the molecule is CCOc1ccccc1-c1cc(C(C)(C)C)c(O)cc1N=O. The van der Waals surface area contributed by atoms with Gasteiger partial charge >= 0.3 is 0 Å². The van der Waals surface area contributed by atoms with Gasteiger partial charge in [-0.2, -0.15) is 0 Å². The van der Waals surface area contributed by atoms with E-state index >= 15 is 0 Å². The highest BCUT2D eigenvalue weighted by molar-refractivity contribution is 5.82. The first-order chi connectivity index (χ1) is 10.4. The van der Waals surface area contributed by atoms with Crippen LogP contribution in [-0.2, 0) is 5.41 Å². The molecular formula is C18H21NO3. The third-order valence-electron chi connectivity index (χ3n) is 3.50. The smallest absolute Gasteiger partial charge is 0.127 e. The van der Waals surface area contributed by atoms with Crippen LogP contribution in [0.2, 0.25) is 0 Å². The zero-order valence-corrected chi connectivity index (χ0v) is 13.4. The van der Waals surface area contributed by atoms with Crippen molar-refractivity contribution in [2.75, 3.05) is 6.61 Å². The summed E-state index contributed by atoms with van der Waals surface area (Å²) in [5, 5.41) is 13.2. The second kappa shape index (κ2) is 6.18. The molecule has 0 aliphatic heterocycles. The molecule has 0 aromatic heterocycles. The van der Waals surface area contributed by atoms with Gasteiger partial charge in [0.1, 0.15) is 17.2 Å². The third-order valence-corrected chi connectivity index (χ3v) is 3.50. The molecule has 0 fully saturated rings. The van der Waals surface area contributed by atoms with Gasteiger partial charge < -0.3 is 9.84 Å². The molecular weight excluding hydrogens is 278 g/mol. The Bertz CT molecular complexity index is 687. The fraction of sp³-hybridized carbons (Fsp3) is 0.333. The summed E-state index contributed by atoms with van der Waals surface area (Å²) in [6, 6.07) is 10.8. The zero-order chi connectivity index (χ0) is 16.3. The molecule has 0 saturated carbocycles. The van der Waals surface area contributed by atoms with Crippen molar-refractivity contribution in [2.24, 2.45) is 5.18 Å². The highest BCUT2D eigenvalue weighted by atomic mass is 16.5. The predicted octanol–water partition coefficient (Wildman–Crippen LogP) is 5.15. The Kier molecular flexibility index (Phi) is 4.50. The summed E-state index contributed by atoms with van der Waals surface area (Å²) < 4.78 is 5.64. The van der Waals surface area contributed by atoms with Crippen LogP contribution in [0.15, 0.2) is 41.6 Å². The summed E-state index contributed by atoms with van der Waals surface area (Å²) in [7, 11) is 0. The maximum atomic E-state index is 11.2. The number of hydrogen-bond donors (Lipinski definition) is 1. The van der Waals surface area contributed by atoms with E-state index in [1.165, 1.54) is 6.07 Å². The van der Waals surface area contributed by atoms with Gasteiger partial charge in [-0.15, -0.1) is 4.91 Å². The molecule has 2 rings (SSSR count). The molecule has 0 aliphatic carbocycles. The van der Waals surface area contributed by atoms with E-state index in [0.717, 1.165) is 11.1 Å². The van der Waals surface area contributed by atoms with Gasteiger partial charge in [0, 0.05) is 17.2 Å². The van der Waals surface area contributed by atoms with E-state index in [0.29, 0.717) is 17.9 Å². The molecule has 4 nitrogen and oxygen atoms in total. The van der Waals surface area contributed by atoms with Crippen molar-refractivity contribution in [2.45, 2.75) is 33.1 Å². The number of aromatic hydroxyl groups is 1. The lowest BCUT2D eigenvalue weighted by atomic mass is 9.84.